The van der Waals surface area contributed by atoms with Crippen LogP contribution < -0.4 is 0 Å². The monoisotopic (exact) mass is 526 g/mol. The molecule has 0 atom stereocenters. The Morgan fingerprint density at radius 3 is 1.96 bits per heavy atom. The summed E-state index contributed by atoms with van der Waals surface area (Å²) in [5.74, 6) is 0. The van der Waals surface area contributed by atoms with Crippen LogP contribution in [0.15, 0.2) is 36.5 Å². The van der Waals surface area contributed by atoms with Crippen LogP contribution in [0.2, 0.25) is 0 Å². The molecule has 0 bridgehead atoms. The van der Waals surface area contributed by atoms with Crippen molar-refractivity contribution < 1.29 is 51.2 Å². The molecule has 131 valence electrons. The fourth-order valence-electron chi connectivity index (χ4n) is 1.55. The topological polar surface area (TPSA) is 30.0 Å². The quantitative estimate of drug-likeness (QED) is 0.402. The summed E-state index contributed by atoms with van der Waals surface area (Å²) in [6, 6.07) is 6.83. The van der Waals surface area contributed by atoms with E-state index in [0.29, 0.717) is 6.07 Å². The van der Waals surface area contributed by atoms with Gasteiger partial charge in [0, 0.05) is 6.20 Å². The Kier molecular flexibility index (Phi) is 9.74. The van der Waals surface area contributed by atoms with Crippen molar-refractivity contribution in [3.8, 4) is 11.3 Å². The number of nitrogens with zero attached hydrogens (tertiary/aromatic N) is 1. The smallest absolute Gasteiger partial charge is 0.573 e. The second-order valence-electron chi connectivity index (χ2n) is 3.91. The van der Waals surface area contributed by atoms with Gasteiger partial charge in [-0.3, -0.25) is 0 Å². The Balaban J connectivity index is 0. The van der Waals surface area contributed by atoms with E-state index in [1.165, 1.54) is 24.4 Å². The van der Waals surface area contributed by atoms with Gasteiger partial charge >= 0.3 is 32.5 Å². The molecule has 2 aromatic rings. The Bertz CT molecular complexity index is 596. The summed E-state index contributed by atoms with van der Waals surface area (Å²) in [6.07, 6.45) is -8.51. The fraction of sp³-hybridized carbons (Fsp3) is 0.133. The van der Waals surface area contributed by atoms with Crippen molar-refractivity contribution in [3.05, 3.63) is 61.1 Å². The Morgan fingerprint density at radius 1 is 0.958 bits per heavy atom. The maximum absolute atomic E-state index is 12.7. The number of aromatic nitrogens is 1. The van der Waals surface area contributed by atoms with Crippen LogP contribution >= 0.6 is 0 Å². The van der Waals surface area contributed by atoms with Gasteiger partial charge in [-0.15, -0.1) is 23.8 Å². The first kappa shape index (κ1) is 24.5. The zero-order valence-corrected chi connectivity index (χ0v) is 14.3. The molecule has 0 aliphatic carbocycles. The third kappa shape index (κ3) is 6.41. The van der Waals surface area contributed by atoms with E-state index >= 15 is 0 Å². The molecule has 0 fully saturated rings. The molecule has 1 aromatic carbocycles. The van der Waals surface area contributed by atoms with Gasteiger partial charge in [0.2, 0.25) is 0 Å². The molecule has 2 rings (SSSR count). The van der Waals surface area contributed by atoms with Crippen molar-refractivity contribution in [1.82, 2.24) is 4.98 Å². The number of hydrogen-bond acceptors (Lipinski definition) is 2. The van der Waals surface area contributed by atoms with E-state index in [4.69, 9.17) is 4.79 Å². The summed E-state index contributed by atoms with van der Waals surface area (Å²) in [5.41, 5.74) is -3.23. The summed E-state index contributed by atoms with van der Waals surface area (Å²) < 4.78 is 75.8. The van der Waals surface area contributed by atoms with E-state index in [2.05, 4.69) is 11.8 Å². The number of carbonyl (C=O) groups excluding carboxylic acids is 1. The van der Waals surface area contributed by atoms with Crippen molar-refractivity contribution in [3.63, 3.8) is 0 Å². The van der Waals surface area contributed by atoms with Crippen LogP contribution in [0.3, 0.4) is 0 Å². The molecule has 0 amide bonds. The van der Waals surface area contributed by atoms with E-state index in [1.54, 1.807) is 0 Å². The van der Waals surface area contributed by atoms with E-state index in [0.717, 1.165) is 0 Å². The molecular weight excluding hydrogens is 516 g/mol. The van der Waals surface area contributed by atoms with E-state index in [-0.39, 0.29) is 44.9 Å². The zero-order chi connectivity index (χ0) is 17.0. The molecule has 1 radical (unpaired) electrons. The molecule has 1 heterocycles. The van der Waals surface area contributed by atoms with Gasteiger partial charge in [0.05, 0.1) is 0 Å². The number of pyridine rings is 1. The molecule has 9 heteroatoms. The molecule has 0 aliphatic heterocycles. The van der Waals surface area contributed by atoms with Gasteiger partial charge in [-0.05, 0) is 22.9 Å². The van der Waals surface area contributed by atoms with Crippen LogP contribution in [0.5, 0.6) is 0 Å². The predicted octanol–water partition coefficient (Wildman–Crippen LogP) is 4.64. The Labute approximate surface area is 148 Å². The van der Waals surface area contributed by atoms with Crippen molar-refractivity contribution >= 4 is 6.79 Å². The normalized spacial score (nSPS) is 10.6. The maximum atomic E-state index is 12.7. The average molecular weight is 525 g/mol. The first-order chi connectivity index (χ1) is 10.2. The molecular formula is C15H9F6IrNO. The first-order valence-corrected chi connectivity index (χ1v) is 5.51. The van der Waals surface area contributed by atoms with Gasteiger partial charge in [-0.25, -0.2) is 0 Å². The van der Waals surface area contributed by atoms with Gasteiger partial charge in [0.15, 0.2) is 0 Å². The summed E-state index contributed by atoms with van der Waals surface area (Å²) in [7, 11) is 0. The Morgan fingerprint density at radius 2 is 1.54 bits per heavy atom. The van der Waals surface area contributed by atoms with Gasteiger partial charge in [0.1, 0.15) is 0 Å². The van der Waals surface area contributed by atoms with E-state index in [9.17, 15) is 26.3 Å². The third-order valence-corrected chi connectivity index (χ3v) is 2.44. The van der Waals surface area contributed by atoms with Crippen molar-refractivity contribution in [1.29, 1.82) is 0 Å². The zero-order valence-electron chi connectivity index (χ0n) is 11.9. The molecule has 0 saturated carbocycles. The predicted molar refractivity (Wildman–Crippen MR) is 70.6 cm³/mol. The van der Waals surface area contributed by atoms with Gasteiger partial charge in [0.25, 0.3) is 0 Å². The van der Waals surface area contributed by atoms with Crippen LogP contribution in [0.4, 0.5) is 26.3 Å². The van der Waals surface area contributed by atoms with Crippen LogP contribution in [0, 0.1) is 13.5 Å². The first-order valence-electron chi connectivity index (χ1n) is 5.51. The molecule has 24 heavy (non-hydrogen) atoms. The van der Waals surface area contributed by atoms with Crippen molar-refractivity contribution in [2.45, 2.75) is 12.4 Å². The largest absolute Gasteiger partial charge is 3.00 e. The molecule has 0 spiro atoms. The van der Waals surface area contributed by atoms with E-state index in [1.807, 2.05) is 6.07 Å². The van der Waals surface area contributed by atoms with E-state index < -0.39 is 23.5 Å². The summed E-state index contributed by atoms with van der Waals surface area (Å²) in [4.78, 5) is 11.2. The maximum Gasteiger partial charge on any atom is 3.00 e. The van der Waals surface area contributed by atoms with Crippen molar-refractivity contribution in [2.75, 3.05) is 0 Å². The number of hydrogen-bond donors (Lipinski definition) is 0. The minimum absolute atomic E-state index is 0. The minimum atomic E-state index is -4.91. The average Bonchev–Trinajstić information content (AvgIpc) is 2.48. The second kappa shape index (κ2) is 9.54. The molecule has 2 nitrogen and oxygen atoms in total. The van der Waals surface area contributed by atoms with Gasteiger partial charge < -0.3 is 24.0 Å². The van der Waals surface area contributed by atoms with Crippen LogP contribution in [-0.2, 0) is 37.3 Å². The molecule has 0 saturated heterocycles. The number of rotatable bonds is 1. The second-order valence-corrected chi connectivity index (χ2v) is 3.91. The summed E-state index contributed by atoms with van der Waals surface area (Å²) in [5, 5.41) is 0. The molecule has 0 aliphatic rings. The number of halogens is 6. The molecule has 0 N–H and O–H groups in total. The van der Waals surface area contributed by atoms with Crippen LogP contribution in [-0.4, -0.2) is 11.8 Å². The standard InChI is InChI=1S/C13H6F6N.CO.CH3.Ir/c14-12(15,16)9-5-8(11-3-1-2-4-20-11)6-10(7-9)13(17,18)19;1-2;;/h1-5,7H;;1H3;/q3*-1;+3. The Hall–Kier alpha value is -1.73. The SMILES string of the molecule is FC(F)(F)c1[c-]c(-c2ccccn2)cc(C(F)(F)F)c1.[C-]=O.[CH3-].[Ir+3]. The van der Waals surface area contributed by atoms with Crippen molar-refractivity contribution in [2.24, 2.45) is 0 Å². The summed E-state index contributed by atoms with van der Waals surface area (Å²) >= 11 is 0. The van der Waals surface area contributed by atoms with Gasteiger partial charge in [-0.1, -0.05) is 12.1 Å². The van der Waals surface area contributed by atoms with Crippen LogP contribution in [0.25, 0.3) is 11.3 Å². The number of alkyl halides is 6. The molecule has 1 aromatic heterocycles. The minimum Gasteiger partial charge on any atom is -0.573 e. The fourth-order valence-corrected chi connectivity index (χ4v) is 1.55. The number of benzene rings is 1. The van der Waals surface area contributed by atoms with Crippen LogP contribution in [0.1, 0.15) is 11.1 Å². The summed E-state index contributed by atoms with van der Waals surface area (Å²) in [6.45, 7) is 4.50. The third-order valence-electron chi connectivity index (χ3n) is 2.44. The van der Waals surface area contributed by atoms with Gasteiger partial charge in [-0.2, -0.15) is 26.3 Å². The molecule has 0 unspecified atom stereocenters.